The molecular weight excluding hydrogens is 410 g/mol. The molecule has 1 aliphatic rings. The van der Waals surface area contributed by atoms with Gasteiger partial charge in [-0.3, -0.25) is 4.99 Å². The van der Waals surface area contributed by atoms with Crippen molar-refractivity contribution in [2.45, 2.75) is 51.5 Å². The number of carbonyl (C=O) groups excluding carboxylic acids is 1. The van der Waals surface area contributed by atoms with Gasteiger partial charge in [0.2, 0.25) is 0 Å². The molecule has 3 aromatic carbocycles. The standard InChI is InChI=1S/C29H31NO3/c1-21-18-26(19-22(2)33-21)28(29(31)32-20-23-12-6-3-7-13-23)30-27(24-14-8-4-9-15-24)25-16-10-5-11-17-25/h3-17,21-22,26,28H,18-20H2,1-2H3. The maximum atomic E-state index is 13.5. The van der Waals surface area contributed by atoms with Crippen LogP contribution in [-0.2, 0) is 20.9 Å². The lowest BCUT2D eigenvalue weighted by Crippen LogP contribution is -2.39. The summed E-state index contributed by atoms with van der Waals surface area (Å²) in [6.45, 7) is 4.37. The number of carbonyl (C=O) groups is 1. The third-order valence-electron chi connectivity index (χ3n) is 6.01. The molecule has 1 heterocycles. The van der Waals surface area contributed by atoms with Gasteiger partial charge in [-0.05, 0) is 38.2 Å². The van der Waals surface area contributed by atoms with Crippen LogP contribution in [0.2, 0.25) is 0 Å². The van der Waals surface area contributed by atoms with Crippen LogP contribution < -0.4 is 0 Å². The molecule has 1 saturated heterocycles. The zero-order valence-corrected chi connectivity index (χ0v) is 19.3. The predicted molar refractivity (Wildman–Crippen MR) is 131 cm³/mol. The highest BCUT2D eigenvalue weighted by molar-refractivity contribution is 6.13. The van der Waals surface area contributed by atoms with Crippen molar-refractivity contribution < 1.29 is 14.3 Å². The van der Waals surface area contributed by atoms with Gasteiger partial charge in [-0.1, -0.05) is 91.0 Å². The minimum Gasteiger partial charge on any atom is -0.459 e. The molecule has 1 fully saturated rings. The molecule has 0 amide bonds. The van der Waals surface area contributed by atoms with Gasteiger partial charge in [-0.2, -0.15) is 0 Å². The highest BCUT2D eigenvalue weighted by Crippen LogP contribution is 2.30. The van der Waals surface area contributed by atoms with Crippen molar-refractivity contribution in [1.82, 2.24) is 0 Å². The Morgan fingerprint density at radius 1 is 0.848 bits per heavy atom. The summed E-state index contributed by atoms with van der Waals surface area (Å²) in [5.74, 6) is -0.232. The zero-order valence-electron chi connectivity index (χ0n) is 19.3. The number of ether oxygens (including phenoxy) is 2. The molecule has 4 heteroatoms. The van der Waals surface area contributed by atoms with Crippen molar-refractivity contribution in [1.29, 1.82) is 0 Å². The first kappa shape index (κ1) is 22.9. The quantitative estimate of drug-likeness (QED) is 0.342. The number of benzene rings is 3. The molecule has 4 rings (SSSR count). The molecule has 0 bridgehead atoms. The first-order valence-corrected chi connectivity index (χ1v) is 11.6. The minimum absolute atomic E-state index is 0.0504. The van der Waals surface area contributed by atoms with Gasteiger partial charge in [-0.15, -0.1) is 0 Å². The Morgan fingerprint density at radius 2 is 1.33 bits per heavy atom. The Balaban J connectivity index is 1.70. The highest BCUT2D eigenvalue weighted by Gasteiger charge is 2.36. The third kappa shape index (κ3) is 6.17. The van der Waals surface area contributed by atoms with Crippen LogP contribution in [0, 0.1) is 5.92 Å². The topological polar surface area (TPSA) is 47.9 Å². The first-order valence-electron chi connectivity index (χ1n) is 11.6. The average molecular weight is 442 g/mol. The fourth-order valence-corrected chi connectivity index (χ4v) is 4.53. The Hall–Kier alpha value is -3.24. The Bertz CT molecular complexity index is 998. The van der Waals surface area contributed by atoms with Gasteiger partial charge >= 0.3 is 5.97 Å². The summed E-state index contributed by atoms with van der Waals surface area (Å²) in [7, 11) is 0. The summed E-state index contributed by atoms with van der Waals surface area (Å²) in [6, 6.07) is 29.3. The fraction of sp³-hybridized carbons (Fsp3) is 0.310. The summed E-state index contributed by atoms with van der Waals surface area (Å²) in [5, 5.41) is 0. The van der Waals surface area contributed by atoms with Crippen LogP contribution in [0.15, 0.2) is 96.0 Å². The van der Waals surface area contributed by atoms with Crippen molar-refractivity contribution in [2.75, 3.05) is 0 Å². The van der Waals surface area contributed by atoms with E-state index in [9.17, 15) is 4.79 Å². The Morgan fingerprint density at radius 3 is 1.85 bits per heavy atom. The maximum Gasteiger partial charge on any atom is 0.331 e. The fourth-order valence-electron chi connectivity index (χ4n) is 4.53. The van der Waals surface area contributed by atoms with Crippen LogP contribution in [0.5, 0.6) is 0 Å². The molecule has 3 atom stereocenters. The van der Waals surface area contributed by atoms with Gasteiger partial charge in [-0.25, -0.2) is 4.79 Å². The van der Waals surface area contributed by atoms with Crippen molar-refractivity contribution in [3.63, 3.8) is 0 Å². The smallest absolute Gasteiger partial charge is 0.331 e. The van der Waals surface area contributed by atoms with E-state index in [4.69, 9.17) is 14.5 Å². The summed E-state index contributed by atoms with van der Waals surface area (Å²) < 4.78 is 11.7. The van der Waals surface area contributed by atoms with Crippen LogP contribution in [0.4, 0.5) is 0 Å². The SMILES string of the molecule is CC1CC(C(N=C(c2ccccc2)c2ccccc2)C(=O)OCc2ccccc2)CC(C)O1. The molecule has 0 radical (unpaired) electrons. The monoisotopic (exact) mass is 441 g/mol. The van der Waals surface area contributed by atoms with E-state index in [0.717, 1.165) is 35.2 Å². The van der Waals surface area contributed by atoms with Crippen LogP contribution >= 0.6 is 0 Å². The predicted octanol–water partition coefficient (Wildman–Crippen LogP) is 5.84. The molecular formula is C29H31NO3. The van der Waals surface area contributed by atoms with E-state index in [-0.39, 0.29) is 30.7 Å². The van der Waals surface area contributed by atoms with Gasteiger partial charge in [0.15, 0.2) is 6.04 Å². The largest absolute Gasteiger partial charge is 0.459 e. The van der Waals surface area contributed by atoms with E-state index < -0.39 is 6.04 Å². The summed E-state index contributed by atoms with van der Waals surface area (Å²) in [4.78, 5) is 18.6. The molecule has 3 aromatic rings. The van der Waals surface area contributed by atoms with Crippen molar-refractivity contribution in [3.05, 3.63) is 108 Å². The van der Waals surface area contributed by atoms with E-state index >= 15 is 0 Å². The van der Waals surface area contributed by atoms with Crippen molar-refractivity contribution in [2.24, 2.45) is 10.9 Å². The van der Waals surface area contributed by atoms with Crippen molar-refractivity contribution in [3.8, 4) is 0 Å². The molecule has 33 heavy (non-hydrogen) atoms. The Kier molecular flexibility index (Phi) is 7.69. The minimum atomic E-state index is -0.599. The van der Waals surface area contributed by atoms with Gasteiger partial charge in [0, 0.05) is 11.1 Å². The van der Waals surface area contributed by atoms with Crippen LogP contribution in [0.25, 0.3) is 0 Å². The van der Waals surface area contributed by atoms with Gasteiger partial charge in [0.05, 0.1) is 17.9 Å². The molecule has 3 unspecified atom stereocenters. The number of nitrogens with zero attached hydrogens (tertiary/aromatic N) is 1. The number of hydrogen-bond acceptors (Lipinski definition) is 4. The van der Waals surface area contributed by atoms with Crippen LogP contribution in [0.1, 0.15) is 43.4 Å². The average Bonchev–Trinajstić information content (AvgIpc) is 2.84. The van der Waals surface area contributed by atoms with Crippen LogP contribution in [0.3, 0.4) is 0 Å². The lowest BCUT2D eigenvalue weighted by atomic mass is 9.86. The third-order valence-corrected chi connectivity index (χ3v) is 6.01. The normalized spacial score (nSPS) is 21.1. The molecule has 0 aliphatic carbocycles. The van der Waals surface area contributed by atoms with E-state index in [2.05, 4.69) is 13.8 Å². The molecule has 0 spiro atoms. The van der Waals surface area contributed by atoms with Gasteiger partial charge in [0.25, 0.3) is 0 Å². The van der Waals surface area contributed by atoms with Crippen molar-refractivity contribution >= 4 is 11.7 Å². The summed E-state index contributed by atoms with van der Waals surface area (Å²) in [6.07, 6.45) is 1.71. The van der Waals surface area contributed by atoms with E-state index in [1.807, 2.05) is 91.0 Å². The maximum absolute atomic E-state index is 13.5. The lowest BCUT2D eigenvalue weighted by Gasteiger charge is -2.34. The molecule has 4 nitrogen and oxygen atoms in total. The second-order valence-corrected chi connectivity index (χ2v) is 8.74. The summed E-state index contributed by atoms with van der Waals surface area (Å²) >= 11 is 0. The number of rotatable bonds is 7. The molecule has 0 saturated carbocycles. The Labute approximate surface area is 196 Å². The number of hydrogen-bond donors (Lipinski definition) is 0. The first-order chi connectivity index (χ1) is 16.1. The number of esters is 1. The second kappa shape index (κ2) is 11.1. The molecule has 170 valence electrons. The lowest BCUT2D eigenvalue weighted by molar-refractivity contribution is -0.150. The second-order valence-electron chi connectivity index (χ2n) is 8.74. The van der Waals surface area contributed by atoms with Gasteiger partial charge < -0.3 is 9.47 Å². The van der Waals surface area contributed by atoms with E-state index in [1.165, 1.54) is 0 Å². The number of aliphatic imine (C=N–C) groups is 1. The van der Waals surface area contributed by atoms with E-state index in [0.29, 0.717) is 0 Å². The summed E-state index contributed by atoms with van der Waals surface area (Å²) in [5.41, 5.74) is 3.74. The molecule has 0 N–H and O–H groups in total. The molecule has 1 aliphatic heterocycles. The zero-order chi connectivity index (χ0) is 23.0. The van der Waals surface area contributed by atoms with Crippen LogP contribution in [-0.4, -0.2) is 29.9 Å². The van der Waals surface area contributed by atoms with Gasteiger partial charge in [0.1, 0.15) is 6.61 Å². The highest BCUT2D eigenvalue weighted by atomic mass is 16.5. The van der Waals surface area contributed by atoms with E-state index in [1.54, 1.807) is 0 Å². The molecule has 0 aromatic heterocycles.